The lowest BCUT2D eigenvalue weighted by Gasteiger charge is -2.30. The molecule has 1 unspecified atom stereocenters. The summed E-state index contributed by atoms with van der Waals surface area (Å²) < 4.78 is 0. The van der Waals surface area contributed by atoms with Gasteiger partial charge >= 0.3 is 0 Å². The summed E-state index contributed by atoms with van der Waals surface area (Å²) in [5.74, 6) is -0.190. The van der Waals surface area contributed by atoms with Crippen LogP contribution in [-0.4, -0.2) is 42.9 Å². The minimum Gasteiger partial charge on any atom is -0.353 e. The van der Waals surface area contributed by atoms with E-state index in [1.54, 1.807) is 12.1 Å². The molecular weight excluding hydrogens is 314 g/mol. The Balaban J connectivity index is 1.95. The molecule has 1 aliphatic rings. The Labute approximate surface area is 142 Å². The second-order valence-corrected chi connectivity index (χ2v) is 6.59. The molecule has 2 rings (SSSR count). The maximum Gasteiger partial charge on any atom is 0.222 e. The van der Waals surface area contributed by atoms with E-state index in [9.17, 15) is 9.59 Å². The number of rotatable bonds is 5. The molecule has 1 heterocycles. The Morgan fingerprint density at radius 3 is 2.43 bits per heavy atom. The lowest BCUT2D eigenvalue weighted by molar-refractivity contribution is -0.123. The molecule has 126 valence electrons. The lowest BCUT2D eigenvalue weighted by atomic mass is 10.0. The topological polar surface area (TPSA) is 61.4 Å². The van der Waals surface area contributed by atoms with Crippen molar-refractivity contribution in [2.24, 2.45) is 0 Å². The number of nitrogens with one attached hydrogen (secondary N) is 2. The molecule has 23 heavy (non-hydrogen) atoms. The standard InChI is InChI=1S/C17H24ClN3O2/c1-12(22)19-16(13-3-5-14(18)6-4-13)11-17(23)20-15-7-9-21(2)10-8-15/h3-6,15-16H,7-11H2,1-2H3,(H,19,22)(H,20,23). The van der Waals surface area contributed by atoms with Crippen LogP contribution in [0.5, 0.6) is 0 Å². The summed E-state index contributed by atoms with van der Waals surface area (Å²) in [6.45, 7) is 3.45. The normalized spacial score (nSPS) is 17.5. The molecule has 0 bridgehead atoms. The van der Waals surface area contributed by atoms with Crippen LogP contribution < -0.4 is 10.6 Å². The van der Waals surface area contributed by atoms with Crippen LogP contribution in [0, 0.1) is 0 Å². The van der Waals surface area contributed by atoms with Crippen LogP contribution in [0.2, 0.25) is 5.02 Å². The Kier molecular flexibility index (Phi) is 6.42. The van der Waals surface area contributed by atoms with Crippen LogP contribution in [-0.2, 0) is 9.59 Å². The molecule has 0 saturated carbocycles. The summed E-state index contributed by atoms with van der Waals surface area (Å²) >= 11 is 5.90. The maximum atomic E-state index is 12.3. The quantitative estimate of drug-likeness (QED) is 0.865. The Morgan fingerprint density at radius 2 is 1.87 bits per heavy atom. The van der Waals surface area contributed by atoms with Crippen molar-refractivity contribution >= 4 is 23.4 Å². The third-order valence-corrected chi connectivity index (χ3v) is 4.38. The second-order valence-electron chi connectivity index (χ2n) is 6.15. The molecule has 2 amide bonds. The maximum absolute atomic E-state index is 12.3. The first-order valence-corrected chi connectivity index (χ1v) is 8.32. The minimum absolute atomic E-state index is 0.0340. The predicted octanol–water partition coefficient (Wildman–Crippen LogP) is 2.12. The van der Waals surface area contributed by atoms with Crippen molar-refractivity contribution in [2.75, 3.05) is 20.1 Å². The van der Waals surface area contributed by atoms with Gasteiger partial charge in [0, 0.05) is 18.0 Å². The minimum atomic E-state index is -0.337. The summed E-state index contributed by atoms with van der Waals surface area (Å²) in [5.41, 5.74) is 0.878. The molecule has 1 aliphatic heterocycles. The van der Waals surface area contributed by atoms with Crippen LogP contribution in [0.3, 0.4) is 0 Å². The van der Waals surface area contributed by atoms with Crippen molar-refractivity contribution in [3.63, 3.8) is 0 Å². The summed E-state index contributed by atoms with van der Waals surface area (Å²) in [7, 11) is 2.09. The smallest absolute Gasteiger partial charge is 0.222 e. The zero-order valence-electron chi connectivity index (χ0n) is 13.6. The van der Waals surface area contributed by atoms with Gasteiger partial charge in [0.15, 0.2) is 0 Å². The van der Waals surface area contributed by atoms with Gasteiger partial charge in [-0.25, -0.2) is 0 Å². The molecule has 5 nitrogen and oxygen atoms in total. The number of hydrogen-bond donors (Lipinski definition) is 2. The van der Waals surface area contributed by atoms with Crippen molar-refractivity contribution in [3.05, 3.63) is 34.9 Å². The van der Waals surface area contributed by atoms with Gasteiger partial charge in [-0.2, -0.15) is 0 Å². The molecule has 1 aromatic carbocycles. The predicted molar refractivity (Wildman–Crippen MR) is 91.3 cm³/mol. The van der Waals surface area contributed by atoms with Crippen LogP contribution in [0.1, 0.15) is 37.8 Å². The lowest BCUT2D eigenvalue weighted by Crippen LogP contribution is -2.44. The number of benzene rings is 1. The Hall–Kier alpha value is -1.59. The van der Waals surface area contributed by atoms with Crippen LogP contribution in [0.25, 0.3) is 0 Å². The van der Waals surface area contributed by atoms with Gasteiger partial charge in [0.1, 0.15) is 0 Å². The molecule has 1 aromatic rings. The number of nitrogens with zero attached hydrogens (tertiary/aromatic N) is 1. The van der Waals surface area contributed by atoms with E-state index in [-0.39, 0.29) is 30.3 Å². The van der Waals surface area contributed by atoms with Gasteiger partial charge in [0.05, 0.1) is 12.5 Å². The number of likely N-dealkylation sites (tertiary alicyclic amines) is 1. The molecule has 1 atom stereocenters. The molecule has 2 N–H and O–H groups in total. The summed E-state index contributed by atoms with van der Waals surface area (Å²) in [6, 6.07) is 7.09. The SMILES string of the molecule is CC(=O)NC(CC(=O)NC1CCN(C)CC1)c1ccc(Cl)cc1. The summed E-state index contributed by atoms with van der Waals surface area (Å²) in [5, 5.41) is 6.55. The van der Waals surface area contributed by atoms with E-state index in [0.29, 0.717) is 5.02 Å². The first-order valence-electron chi connectivity index (χ1n) is 7.94. The molecule has 6 heteroatoms. The second kappa shape index (κ2) is 8.31. The third kappa shape index (κ3) is 5.84. The average molecular weight is 338 g/mol. The van der Waals surface area contributed by atoms with E-state index in [4.69, 9.17) is 11.6 Å². The number of amides is 2. The number of hydrogen-bond acceptors (Lipinski definition) is 3. The van der Waals surface area contributed by atoms with E-state index >= 15 is 0 Å². The van der Waals surface area contributed by atoms with E-state index in [0.717, 1.165) is 31.5 Å². The number of carbonyl (C=O) groups is 2. The highest BCUT2D eigenvalue weighted by molar-refractivity contribution is 6.30. The first-order chi connectivity index (χ1) is 10.9. The highest BCUT2D eigenvalue weighted by Gasteiger charge is 2.21. The fraction of sp³-hybridized carbons (Fsp3) is 0.529. The zero-order chi connectivity index (χ0) is 16.8. The largest absolute Gasteiger partial charge is 0.353 e. The number of piperidine rings is 1. The van der Waals surface area contributed by atoms with E-state index in [1.807, 2.05) is 12.1 Å². The summed E-state index contributed by atoms with van der Waals surface area (Å²) in [4.78, 5) is 26.0. The van der Waals surface area contributed by atoms with Gasteiger partial charge in [-0.15, -0.1) is 0 Å². The monoisotopic (exact) mass is 337 g/mol. The molecular formula is C17H24ClN3O2. The van der Waals surface area contributed by atoms with E-state index in [2.05, 4.69) is 22.6 Å². The Morgan fingerprint density at radius 1 is 1.26 bits per heavy atom. The van der Waals surface area contributed by atoms with Crippen molar-refractivity contribution < 1.29 is 9.59 Å². The van der Waals surface area contributed by atoms with Gasteiger partial charge in [0.25, 0.3) is 0 Å². The third-order valence-electron chi connectivity index (χ3n) is 4.12. The van der Waals surface area contributed by atoms with Crippen molar-refractivity contribution in [1.82, 2.24) is 15.5 Å². The molecule has 0 aliphatic carbocycles. The number of carbonyl (C=O) groups excluding carboxylic acids is 2. The number of halogens is 1. The van der Waals surface area contributed by atoms with Crippen molar-refractivity contribution in [2.45, 2.75) is 38.3 Å². The van der Waals surface area contributed by atoms with E-state index < -0.39 is 0 Å². The van der Waals surface area contributed by atoms with Gasteiger partial charge < -0.3 is 15.5 Å². The van der Waals surface area contributed by atoms with Crippen LogP contribution >= 0.6 is 11.6 Å². The van der Waals surface area contributed by atoms with Gasteiger partial charge in [-0.05, 0) is 50.7 Å². The first kappa shape index (κ1) is 17.8. The van der Waals surface area contributed by atoms with Crippen LogP contribution in [0.15, 0.2) is 24.3 Å². The fourth-order valence-electron chi connectivity index (χ4n) is 2.82. The molecule has 1 saturated heterocycles. The molecule has 0 aromatic heterocycles. The van der Waals surface area contributed by atoms with Gasteiger partial charge in [0.2, 0.25) is 11.8 Å². The fourth-order valence-corrected chi connectivity index (χ4v) is 2.94. The van der Waals surface area contributed by atoms with E-state index in [1.165, 1.54) is 6.92 Å². The molecule has 1 fully saturated rings. The molecule has 0 spiro atoms. The van der Waals surface area contributed by atoms with Crippen LogP contribution in [0.4, 0.5) is 0 Å². The Bertz CT molecular complexity index is 539. The molecule has 0 radical (unpaired) electrons. The van der Waals surface area contributed by atoms with Crippen molar-refractivity contribution in [1.29, 1.82) is 0 Å². The highest BCUT2D eigenvalue weighted by atomic mass is 35.5. The van der Waals surface area contributed by atoms with Gasteiger partial charge in [-0.3, -0.25) is 9.59 Å². The summed E-state index contributed by atoms with van der Waals surface area (Å²) in [6.07, 6.45) is 2.16. The van der Waals surface area contributed by atoms with Gasteiger partial charge in [-0.1, -0.05) is 23.7 Å². The average Bonchev–Trinajstić information content (AvgIpc) is 2.49. The zero-order valence-corrected chi connectivity index (χ0v) is 14.4. The highest BCUT2D eigenvalue weighted by Crippen LogP contribution is 2.20. The van der Waals surface area contributed by atoms with Crippen molar-refractivity contribution in [3.8, 4) is 0 Å².